The van der Waals surface area contributed by atoms with Crippen molar-refractivity contribution in [1.29, 1.82) is 0 Å². The minimum absolute atomic E-state index is 0.106. The molecule has 2 aromatic rings. The van der Waals surface area contributed by atoms with Gasteiger partial charge >= 0.3 is 0 Å². The Morgan fingerprint density at radius 1 is 1.33 bits per heavy atom. The van der Waals surface area contributed by atoms with E-state index in [-0.39, 0.29) is 23.9 Å². The van der Waals surface area contributed by atoms with Crippen molar-refractivity contribution in [3.63, 3.8) is 0 Å². The normalized spacial score (nSPS) is 20.6. The smallest absolute Gasteiger partial charge is 0.276 e. The van der Waals surface area contributed by atoms with Gasteiger partial charge in [0.2, 0.25) is 0 Å². The van der Waals surface area contributed by atoms with Crippen LogP contribution in [0.1, 0.15) is 33.5 Å². The standard InChI is InChI=1S/C16H17ClN2O4S/c1-11-10-14(18-23-11)16(20)19-7-6-15(24(21,22)9-8-19)12-4-2-3-5-13(12)17/h2-5,10,15H,6-9H2,1H3. The second-order valence-corrected chi connectivity index (χ2v) is 8.49. The Bertz CT molecular complexity index is 862. The summed E-state index contributed by atoms with van der Waals surface area (Å²) in [4.78, 5) is 14.0. The second kappa shape index (κ2) is 6.57. The number of nitrogens with zero attached hydrogens (tertiary/aromatic N) is 2. The van der Waals surface area contributed by atoms with E-state index in [1.807, 2.05) is 0 Å². The minimum Gasteiger partial charge on any atom is -0.361 e. The largest absolute Gasteiger partial charge is 0.361 e. The zero-order chi connectivity index (χ0) is 17.3. The molecule has 0 bridgehead atoms. The Hall–Kier alpha value is -1.86. The summed E-state index contributed by atoms with van der Waals surface area (Å²) in [5.41, 5.74) is 0.784. The number of carbonyl (C=O) groups is 1. The molecule has 0 aliphatic carbocycles. The average Bonchev–Trinajstić information content (AvgIpc) is 2.90. The van der Waals surface area contributed by atoms with Crippen LogP contribution in [0.5, 0.6) is 0 Å². The highest BCUT2D eigenvalue weighted by atomic mass is 35.5. The lowest BCUT2D eigenvalue weighted by Crippen LogP contribution is -2.33. The van der Waals surface area contributed by atoms with Crippen LogP contribution in [-0.4, -0.2) is 43.2 Å². The molecule has 0 radical (unpaired) electrons. The number of sulfone groups is 1. The zero-order valence-electron chi connectivity index (χ0n) is 13.1. The average molecular weight is 369 g/mol. The van der Waals surface area contributed by atoms with Crippen LogP contribution in [0.25, 0.3) is 0 Å². The van der Waals surface area contributed by atoms with Crippen LogP contribution in [-0.2, 0) is 9.84 Å². The van der Waals surface area contributed by atoms with Gasteiger partial charge in [0.15, 0.2) is 15.5 Å². The van der Waals surface area contributed by atoms with Crippen molar-refractivity contribution in [3.8, 4) is 0 Å². The Labute approximate surface area is 145 Å². The summed E-state index contributed by atoms with van der Waals surface area (Å²) < 4.78 is 30.2. The van der Waals surface area contributed by atoms with Gasteiger partial charge in [0.05, 0.1) is 11.0 Å². The molecule has 1 unspecified atom stereocenters. The van der Waals surface area contributed by atoms with E-state index in [9.17, 15) is 13.2 Å². The topological polar surface area (TPSA) is 80.5 Å². The maximum Gasteiger partial charge on any atom is 0.276 e. The van der Waals surface area contributed by atoms with E-state index in [0.29, 0.717) is 29.3 Å². The summed E-state index contributed by atoms with van der Waals surface area (Å²) in [7, 11) is -3.40. The number of hydrogen-bond acceptors (Lipinski definition) is 5. The number of carbonyl (C=O) groups excluding carboxylic acids is 1. The number of aryl methyl sites for hydroxylation is 1. The van der Waals surface area contributed by atoms with Gasteiger partial charge in [0, 0.05) is 24.2 Å². The molecule has 6 nitrogen and oxygen atoms in total. The fraction of sp³-hybridized carbons (Fsp3) is 0.375. The lowest BCUT2D eigenvalue weighted by molar-refractivity contribution is 0.0756. The summed E-state index contributed by atoms with van der Waals surface area (Å²) in [6.45, 7) is 2.15. The quantitative estimate of drug-likeness (QED) is 0.814. The van der Waals surface area contributed by atoms with Crippen LogP contribution < -0.4 is 0 Å². The van der Waals surface area contributed by atoms with Crippen LogP contribution in [0.4, 0.5) is 0 Å². The van der Waals surface area contributed by atoms with Crippen LogP contribution in [0.15, 0.2) is 34.9 Å². The highest BCUT2D eigenvalue weighted by molar-refractivity contribution is 7.91. The van der Waals surface area contributed by atoms with E-state index in [1.165, 1.54) is 4.90 Å². The third-order valence-electron chi connectivity index (χ3n) is 4.13. The molecule has 0 spiro atoms. The van der Waals surface area contributed by atoms with Crippen LogP contribution in [0.3, 0.4) is 0 Å². The van der Waals surface area contributed by atoms with Crippen molar-refractivity contribution in [2.24, 2.45) is 0 Å². The predicted octanol–water partition coefficient (Wildman–Crippen LogP) is 2.64. The van der Waals surface area contributed by atoms with Crippen LogP contribution >= 0.6 is 11.6 Å². The molecule has 128 valence electrons. The van der Waals surface area contributed by atoms with Gasteiger partial charge in [0.25, 0.3) is 5.91 Å². The summed E-state index contributed by atoms with van der Waals surface area (Å²) in [5.74, 6) is 0.113. The molecule has 1 aliphatic rings. The molecule has 1 aromatic carbocycles. The lowest BCUT2D eigenvalue weighted by Gasteiger charge is -2.18. The van der Waals surface area contributed by atoms with Gasteiger partial charge in [-0.25, -0.2) is 8.42 Å². The van der Waals surface area contributed by atoms with Gasteiger partial charge in [-0.3, -0.25) is 4.79 Å². The molecule has 2 heterocycles. The number of amides is 1. The molecular formula is C16H17ClN2O4S. The van der Waals surface area contributed by atoms with Gasteiger partial charge in [-0.2, -0.15) is 0 Å². The molecular weight excluding hydrogens is 352 g/mol. The van der Waals surface area contributed by atoms with Gasteiger partial charge in [0.1, 0.15) is 5.76 Å². The van der Waals surface area contributed by atoms with Crippen molar-refractivity contribution >= 4 is 27.3 Å². The first kappa shape index (κ1) is 17.0. The molecule has 8 heteroatoms. The van der Waals surface area contributed by atoms with Crippen LogP contribution in [0, 0.1) is 6.92 Å². The first-order valence-corrected chi connectivity index (χ1v) is 9.66. The first-order valence-electron chi connectivity index (χ1n) is 7.57. The highest BCUT2D eigenvalue weighted by Gasteiger charge is 2.34. The Morgan fingerprint density at radius 3 is 2.75 bits per heavy atom. The van der Waals surface area contributed by atoms with Crippen LogP contribution in [0.2, 0.25) is 5.02 Å². The molecule has 3 rings (SSSR count). The molecule has 1 aliphatic heterocycles. The summed E-state index contributed by atoms with van der Waals surface area (Å²) in [6.07, 6.45) is 0.300. The zero-order valence-corrected chi connectivity index (χ0v) is 14.7. The number of benzene rings is 1. The van der Waals surface area contributed by atoms with E-state index in [0.717, 1.165) is 0 Å². The first-order chi connectivity index (χ1) is 11.4. The van der Waals surface area contributed by atoms with E-state index in [2.05, 4.69) is 5.16 Å². The Kier molecular flexibility index (Phi) is 4.64. The monoisotopic (exact) mass is 368 g/mol. The third-order valence-corrected chi connectivity index (χ3v) is 6.58. The number of halogens is 1. The summed E-state index contributed by atoms with van der Waals surface area (Å²) in [5, 5.41) is 3.44. The maximum atomic E-state index is 12.6. The summed E-state index contributed by atoms with van der Waals surface area (Å²) in [6, 6.07) is 8.48. The molecule has 1 aromatic heterocycles. The van der Waals surface area contributed by atoms with Gasteiger partial charge in [-0.1, -0.05) is 35.0 Å². The predicted molar refractivity (Wildman–Crippen MR) is 89.7 cm³/mol. The van der Waals surface area contributed by atoms with Gasteiger partial charge < -0.3 is 9.42 Å². The Balaban J connectivity index is 1.85. The molecule has 24 heavy (non-hydrogen) atoms. The number of aromatic nitrogens is 1. The van der Waals surface area contributed by atoms with Crippen molar-refractivity contribution in [3.05, 3.63) is 52.4 Å². The van der Waals surface area contributed by atoms with E-state index < -0.39 is 15.1 Å². The second-order valence-electron chi connectivity index (χ2n) is 5.78. The van der Waals surface area contributed by atoms with Crippen molar-refractivity contribution in [2.45, 2.75) is 18.6 Å². The minimum atomic E-state index is -3.40. The molecule has 0 N–H and O–H groups in total. The Morgan fingerprint density at radius 2 is 2.08 bits per heavy atom. The molecule has 1 fully saturated rings. The third kappa shape index (κ3) is 3.32. The highest BCUT2D eigenvalue weighted by Crippen LogP contribution is 2.34. The van der Waals surface area contributed by atoms with Gasteiger partial charge in [-0.15, -0.1) is 0 Å². The van der Waals surface area contributed by atoms with Crippen molar-refractivity contribution < 1.29 is 17.7 Å². The number of rotatable bonds is 2. The summed E-state index contributed by atoms with van der Waals surface area (Å²) >= 11 is 6.17. The van der Waals surface area contributed by atoms with Crippen molar-refractivity contribution in [2.75, 3.05) is 18.8 Å². The molecule has 1 saturated heterocycles. The molecule has 1 amide bonds. The fourth-order valence-corrected chi connectivity index (χ4v) is 5.01. The lowest BCUT2D eigenvalue weighted by atomic mass is 10.1. The van der Waals surface area contributed by atoms with E-state index >= 15 is 0 Å². The molecule has 0 saturated carbocycles. The van der Waals surface area contributed by atoms with Crippen molar-refractivity contribution in [1.82, 2.24) is 10.1 Å². The maximum absolute atomic E-state index is 12.6. The fourth-order valence-electron chi connectivity index (χ4n) is 2.86. The number of hydrogen-bond donors (Lipinski definition) is 0. The van der Waals surface area contributed by atoms with Gasteiger partial charge in [-0.05, 0) is 25.0 Å². The van der Waals surface area contributed by atoms with E-state index in [1.54, 1.807) is 37.3 Å². The molecule has 1 atom stereocenters. The SMILES string of the molecule is Cc1cc(C(=O)N2CCC(c3ccccc3Cl)S(=O)(=O)CC2)no1. The van der Waals surface area contributed by atoms with E-state index in [4.69, 9.17) is 16.1 Å².